The molecular weight excluding hydrogens is 224 g/mol. The maximum Gasteiger partial charge on any atom is 0.264 e. The van der Waals surface area contributed by atoms with E-state index in [0.717, 1.165) is 12.8 Å². The number of primary amides is 1. The lowest BCUT2D eigenvalue weighted by Gasteiger charge is -2.13. The van der Waals surface area contributed by atoms with Crippen molar-refractivity contribution in [1.29, 1.82) is 0 Å². The molecule has 2 rings (SSSR count). The Morgan fingerprint density at radius 2 is 2.25 bits per heavy atom. The highest BCUT2D eigenvalue weighted by atomic mass is 32.1. The molecule has 0 saturated carbocycles. The van der Waals surface area contributed by atoms with Gasteiger partial charge in [-0.1, -0.05) is 0 Å². The smallest absolute Gasteiger partial charge is 0.264 e. The molecule has 0 radical (unpaired) electrons. The van der Waals surface area contributed by atoms with Crippen LogP contribution in [0.15, 0.2) is 6.07 Å². The minimum absolute atomic E-state index is 0.0264. The highest BCUT2D eigenvalue weighted by Crippen LogP contribution is 2.30. The third-order valence-corrected chi connectivity index (χ3v) is 3.92. The Kier molecular flexibility index (Phi) is 2.96. The zero-order valence-corrected chi connectivity index (χ0v) is 9.97. The van der Waals surface area contributed by atoms with E-state index in [1.165, 1.54) is 21.8 Å². The number of carbonyl (C=O) groups is 2. The molecule has 0 aliphatic heterocycles. The Hall–Kier alpha value is -1.36. The molecule has 2 amide bonds. The van der Waals surface area contributed by atoms with Crippen molar-refractivity contribution in [3.05, 3.63) is 21.4 Å². The lowest BCUT2D eigenvalue weighted by Crippen LogP contribution is -2.34. The van der Waals surface area contributed by atoms with Crippen molar-refractivity contribution in [3.8, 4) is 0 Å². The summed E-state index contributed by atoms with van der Waals surface area (Å²) in [4.78, 5) is 26.0. The third kappa shape index (κ3) is 2.09. The van der Waals surface area contributed by atoms with Crippen LogP contribution >= 0.6 is 11.3 Å². The van der Waals surface area contributed by atoms with Crippen LogP contribution in [0.4, 0.5) is 0 Å². The van der Waals surface area contributed by atoms with Gasteiger partial charge in [0, 0.05) is 11.9 Å². The number of hydrogen-bond donors (Lipinski definition) is 1. The molecule has 0 aromatic carbocycles. The number of nitrogens with zero attached hydrogens (tertiary/aromatic N) is 1. The zero-order valence-electron chi connectivity index (χ0n) is 9.16. The molecule has 1 aliphatic carbocycles. The normalized spacial score (nSPS) is 13.6. The Labute approximate surface area is 98.0 Å². The summed E-state index contributed by atoms with van der Waals surface area (Å²) in [5.41, 5.74) is 6.34. The Morgan fingerprint density at radius 1 is 1.50 bits per heavy atom. The molecular formula is C11H14N2O2S. The predicted molar refractivity (Wildman–Crippen MR) is 62.5 cm³/mol. The summed E-state index contributed by atoms with van der Waals surface area (Å²) in [7, 11) is 1.60. The van der Waals surface area contributed by atoms with Gasteiger partial charge in [-0.05, 0) is 30.9 Å². The number of rotatable bonds is 3. The second-order valence-electron chi connectivity index (χ2n) is 4.04. The van der Waals surface area contributed by atoms with Crippen molar-refractivity contribution >= 4 is 23.2 Å². The molecule has 0 unspecified atom stereocenters. The van der Waals surface area contributed by atoms with Crippen LogP contribution in [0.1, 0.15) is 26.5 Å². The van der Waals surface area contributed by atoms with Gasteiger partial charge >= 0.3 is 0 Å². The van der Waals surface area contributed by atoms with Gasteiger partial charge in [0.05, 0.1) is 11.4 Å². The Balaban J connectivity index is 2.11. The van der Waals surface area contributed by atoms with Gasteiger partial charge in [0.1, 0.15) is 0 Å². The molecule has 86 valence electrons. The summed E-state index contributed by atoms with van der Waals surface area (Å²) in [5, 5.41) is 0. The van der Waals surface area contributed by atoms with Crippen LogP contribution < -0.4 is 5.73 Å². The molecule has 1 aliphatic rings. The quantitative estimate of drug-likeness (QED) is 0.846. The van der Waals surface area contributed by atoms with Crippen molar-refractivity contribution in [2.75, 3.05) is 13.6 Å². The molecule has 0 atom stereocenters. The van der Waals surface area contributed by atoms with Gasteiger partial charge in [0.15, 0.2) is 0 Å². The molecule has 1 aromatic heterocycles. The number of carbonyl (C=O) groups excluding carboxylic acids is 2. The van der Waals surface area contributed by atoms with Crippen LogP contribution in [0.25, 0.3) is 0 Å². The largest absolute Gasteiger partial charge is 0.368 e. The molecule has 16 heavy (non-hydrogen) atoms. The SMILES string of the molecule is CN(CC(N)=O)C(=O)c1cc2c(s1)CCC2. The number of likely N-dealkylation sites (N-methyl/N-ethyl adjacent to an activating group) is 1. The number of thiophene rings is 1. The zero-order chi connectivity index (χ0) is 11.7. The average molecular weight is 238 g/mol. The van der Waals surface area contributed by atoms with Crippen LogP contribution in [0.2, 0.25) is 0 Å². The van der Waals surface area contributed by atoms with Crippen molar-refractivity contribution in [3.63, 3.8) is 0 Å². The van der Waals surface area contributed by atoms with Gasteiger partial charge in [-0.25, -0.2) is 0 Å². The van der Waals surface area contributed by atoms with Crippen molar-refractivity contribution in [2.24, 2.45) is 5.73 Å². The first-order valence-electron chi connectivity index (χ1n) is 5.23. The summed E-state index contributed by atoms with van der Waals surface area (Å²) in [6, 6.07) is 1.95. The van der Waals surface area contributed by atoms with Crippen molar-refractivity contribution < 1.29 is 9.59 Å². The summed E-state index contributed by atoms with van der Waals surface area (Å²) in [6.45, 7) is -0.0264. The predicted octanol–water partition coefficient (Wildman–Crippen LogP) is 0.794. The Morgan fingerprint density at radius 3 is 2.88 bits per heavy atom. The van der Waals surface area contributed by atoms with Crippen LogP contribution in [0.3, 0.4) is 0 Å². The minimum Gasteiger partial charge on any atom is -0.368 e. The highest BCUT2D eigenvalue weighted by molar-refractivity contribution is 7.14. The number of nitrogens with two attached hydrogens (primary N) is 1. The van der Waals surface area contributed by atoms with Crippen LogP contribution in [0.5, 0.6) is 0 Å². The maximum atomic E-state index is 11.9. The second-order valence-corrected chi connectivity index (χ2v) is 5.18. The summed E-state index contributed by atoms with van der Waals surface area (Å²) in [5.74, 6) is -0.599. The fraction of sp³-hybridized carbons (Fsp3) is 0.455. The number of hydrogen-bond acceptors (Lipinski definition) is 3. The van der Waals surface area contributed by atoms with Crippen LogP contribution in [-0.4, -0.2) is 30.3 Å². The standard InChI is InChI=1S/C11H14N2O2S/c1-13(6-10(12)14)11(15)9-5-7-3-2-4-8(7)16-9/h5H,2-4,6H2,1H3,(H2,12,14). The molecule has 1 aromatic rings. The Bertz CT molecular complexity index is 418. The van der Waals surface area contributed by atoms with E-state index in [2.05, 4.69) is 0 Å². The van der Waals surface area contributed by atoms with E-state index in [9.17, 15) is 9.59 Å². The second kappa shape index (κ2) is 4.25. The van der Waals surface area contributed by atoms with E-state index in [-0.39, 0.29) is 12.5 Å². The van der Waals surface area contributed by atoms with Crippen LogP contribution in [0, 0.1) is 0 Å². The summed E-state index contributed by atoms with van der Waals surface area (Å²) < 4.78 is 0. The third-order valence-electron chi connectivity index (χ3n) is 2.70. The van der Waals surface area contributed by atoms with E-state index in [4.69, 9.17) is 5.73 Å². The van der Waals surface area contributed by atoms with E-state index >= 15 is 0 Å². The van der Waals surface area contributed by atoms with E-state index in [1.54, 1.807) is 18.4 Å². The van der Waals surface area contributed by atoms with Gasteiger partial charge in [-0.3, -0.25) is 9.59 Å². The van der Waals surface area contributed by atoms with Gasteiger partial charge < -0.3 is 10.6 Å². The van der Waals surface area contributed by atoms with Gasteiger partial charge in [0.25, 0.3) is 5.91 Å². The fourth-order valence-corrected chi connectivity index (χ4v) is 3.18. The molecule has 0 saturated heterocycles. The molecule has 1 heterocycles. The molecule has 5 heteroatoms. The number of amides is 2. The van der Waals surface area contributed by atoms with E-state index in [1.807, 2.05) is 6.07 Å². The fourth-order valence-electron chi connectivity index (χ4n) is 1.93. The van der Waals surface area contributed by atoms with E-state index in [0.29, 0.717) is 4.88 Å². The minimum atomic E-state index is -0.486. The monoisotopic (exact) mass is 238 g/mol. The summed E-state index contributed by atoms with van der Waals surface area (Å²) >= 11 is 1.54. The van der Waals surface area contributed by atoms with Crippen molar-refractivity contribution in [2.45, 2.75) is 19.3 Å². The lowest BCUT2D eigenvalue weighted by atomic mass is 10.2. The maximum absolute atomic E-state index is 11.9. The first-order valence-corrected chi connectivity index (χ1v) is 6.05. The van der Waals surface area contributed by atoms with Crippen molar-refractivity contribution in [1.82, 2.24) is 4.90 Å². The molecule has 0 spiro atoms. The van der Waals surface area contributed by atoms with Gasteiger partial charge in [-0.15, -0.1) is 11.3 Å². The van der Waals surface area contributed by atoms with Gasteiger partial charge in [0.2, 0.25) is 5.91 Å². The molecule has 4 nitrogen and oxygen atoms in total. The molecule has 0 bridgehead atoms. The lowest BCUT2D eigenvalue weighted by molar-refractivity contribution is -0.118. The average Bonchev–Trinajstić information content (AvgIpc) is 2.74. The first kappa shape index (κ1) is 11.1. The van der Waals surface area contributed by atoms with E-state index < -0.39 is 5.91 Å². The van der Waals surface area contributed by atoms with Gasteiger partial charge in [-0.2, -0.15) is 0 Å². The highest BCUT2D eigenvalue weighted by Gasteiger charge is 2.21. The number of fused-ring (bicyclic) bond motifs is 1. The first-order chi connectivity index (χ1) is 7.58. The molecule has 0 fully saturated rings. The topological polar surface area (TPSA) is 63.4 Å². The number of aryl methyl sites for hydroxylation is 2. The molecule has 2 N–H and O–H groups in total. The summed E-state index contributed by atoms with van der Waals surface area (Å²) in [6.07, 6.45) is 3.33. The van der Waals surface area contributed by atoms with Crippen LogP contribution in [-0.2, 0) is 17.6 Å².